The van der Waals surface area contributed by atoms with Crippen molar-refractivity contribution in [2.45, 2.75) is 46.0 Å². The molecule has 0 spiro atoms. The number of nitrogens with zero attached hydrogens (tertiary/aromatic N) is 6. The Morgan fingerprint density at radius 2 is 1.90 bits per heavy atom. The lowest BCUT2D eigenvalue weighted by atomic mass is 10.2. The average molecular weight is 390 g/mol. The molecule has 0 unspecified atom stereocenters. The summed E-state index contributed by atoms with van der Waals surface area (Å²) in [7, 11) is 0. The van der Waals surface area contributed by atoms with Gasteiger partial charge in [-0.25, -0.2) is 9.98 Å². The van der Waals surface area contributed by atoms with Crippen LogP contribution in [0.2, 0.25) is 0 Å². The Bertz CT molecular complexity index is 969. The van der Waals surface area contributed by atoms with Gasteiger partial charge in [-0.15, -0.1) is 0 Å². The van der Waals surface area contributed by atoms with Gasteiger partial charge in [0.25, 0.3) is 5.95 Å². The molecule has 2 aliphatic carbocycles. The summed E-state index contributed by atoms with van der Waals surface area (Å²) in [5.74, 6) is 3.79. The highest BCUT2D eigenvalue weighted by Crippen LogP contribution is 2.32. The molecule has 3 aliphatic rings. The van der Waals surface area contributed by atoms with Crippen molar-refractivity contribution >= 4 is 23.4 Å². The third-order valence-electron chi connectivity index (χ3n) is 5.63. The summed E-state index contributed by atoms with van der Waals surface area (Å²) in [6.45, 7) is 6.24. The number of aliphatic imine (C=N–C) groups is 1. The van der Waals surface area contributed by atoms with Crippen LogP contribution in [-0.4, -0.2) is 38.7 Å². The molecule has 0 radical (unpaired) electrons. The maximum Gasteiger partial charge on any atom is 0.254 e. The Hall–Kier alpha value is -2.83. The van der Waals surface area contributed by atoms with Crippen LogP contribution in [0.25, 0.3) is 11.5 Å². The molecule has 0 atom stereocenters. The molecule has 2 aromatic heterocycles. The third-order valence-corrected chi connectivity index (χ3v) is 5.63. The molecule has 3 heterocycles. The first-order chi connectivity index (χ1) is 14.1. The van der Waals surface area contributed by atoms with Gasteiger partial charge in [-0.1, -0.05) is 12.1 Å². The number of aromatic nitrogens is 4. The van der Waals surface area contributed by atoms with Gasteiger partial charge in [-0.05, 0) is 69.9 Å². The quantitative estimate of drug-likeness (QED) is 0.708. The zero-order valence-corrected chi connectivity index (χ0v) is 17.1. The van der Waals surface area contributed by atoms with E-state index in [2.05, 4.69) is 45.1 Å². The van der Waals surface area contributed by atoms with Crippen molar-refractivity contribution in [2.75, 3.05) is 23.3 Å². The summed E-state index contributed by atoms with van der Waals surface area (Å²) in [6.07, 6.45) is 8.43. The van der Waals surface area contributed by atoms with Gasteiger partial charge in [0.1, 0.15) is 11.5 Å². The standard InChI is InChI=1S/C22H27N7/c1-14(13-16-7-8-16)23-21-26-20(27-22(28-21)24-15(2)17-9-10-17)18-5-3-6-19(25-18)29-11-4-12-29/h3,5-6,13,16-17H,4,7-12H2,1-2H3,(H,23,26,27,28)/b14-13?,24-15+. The van der Waals surface area contributed by atoms with Crippen LogP contribution in [-0.2, 0) is 0 Å². The van der Waals surface area contributed by atoms with E-state index in [4.69, 9.17) is 9.98 Å². The van der Waals surface area contributed by atoms with E-state index >= 15 is 0 Å². The van der Waals surface area contributed by atoms with Gasteiger partial charge in [0.2, 0.25) is 5.95 Å². The molecule has 7 nitrogen and oxygen atoms in total. The molecule has 7 heteroatoms. The van der Waals surface area contributed by atoms with Gasteiger partial charge in [-0.3, -0.25) is 0 Å². The van der Waals surface area contributed by atoms with Gasteiger partial charge in [-0.2, -0.15) is 15.0 Å². The highest BCUT2D eigenvalue weighted by Gasteiger charge is 2.25. The normalized spacial score (nSPS) is 19.9. The van der Waals surface area contributed by atoms with Crippen molar-refractivity contribution in [3.63, 3.8) is 0 Å². The van der Waals surface area contributed by atoms with Crippen molar-refractivity contribution in [3.05, 3.63) is 30.0 Å². The fourth-order valence-corrected chi connectivity index (χ4v) is 3.44. The summed E-state index contributed by atoms with van der Waals surface area (Å²) >= 11 is 0. The Morgan fingerprint density at radius 1 is 1.07 bits per heavy atom. The molecule has 2 saturated carbocycles. The Labute approximate surface area is 171 Å². The van der Waals surface area contributed by atoms with Crippen molar-refractivity contribution in [3.8, 4) is 11.5 Å². The van der Waals surface area contributed by atoms with E-state index in [1.54, 1.807) is 0 Å². The third kappa shape index (κ3) is 4.44. The smallest absolute Gasteiger partial charge is 0.254 e. The van der Waals surface area contributed by atoms with Crippen LogP contribution in [0, 0.1) is 11.8 Å². The van der Waals surface area contributed by atoms with Gasteiger partial charge in [0.05, 0.1) is 0 Å². The topological polar surface area (TPSA) is 79.2 Å². The summed E-state index contributed by atoms with van der Waals surface area (Å²) in [5, 5.41) is 3.33. The zero-order valence-electron chi connectivity index (χ0n) is 17.1. The number of allylic oxidation sites excluding steroid dienone is 2. The molecule has 0 amide bonds. The predicted molar refractivity (Wildman–Crippen MR) is 115 cm³/mol. The highest BCUT2D eigenvalue weighted by atomic mass is 15.2. The Balaban J connectivity index is 1.49. The predicted octanol–water partition coefficient (Wildman–Crippen LogP) is 4.37. The molecule has 0 bridgehead atoms. The van der Waals surface area contributed by atoms with E-state index < -0.39 is 0 Å². The minimum atomic E-state index is 0.456. The zero-order chi connectivity index (χ0) is 19.8. The maximum atomic E-state index is 4.79. The molecule has 3 fully saturated rings. The summed E-state index contributed by atoms with van der Waals surface area (Å²) in [4.78, 5) is 25.6. The SMILES string of the molecule is CC(=CC1CC1)Nc1nc(/N=C(\C)C2CC2)nc(-c2cccc(N3CCC3)n2)n1. The van der Waals surface area contributed by atoms with Gasteiger partial charge < -0.3 is 10.2 Å². The van der Waals surface area contributed by atoms with E-state index in [0.717, 1.165) is 36.0 Å². The van der Waals surface area contributed by atoms with Crippen LogP contribution in [0.1, 0.15) is 46.0 Å². The minimum absolute atomic E-state index is 0.456. The van der Waals surface area contributed by atoms with Crippen molar-refractivity contribution in [2.24, 2.45) is 16.8 Å². The molecular formula is C22H27N7. The van der Waals surface area contributed by atoms with Crippen LogP contribution in [0.3, 0.4) is 0 Å². The first-order valence-electron chi connectivity index (χ1n) is 10.6. The second-order valence-corrected chi connectivity index (χ2v) is 8.34. The molecule has 1 N–H and O–H groups in total. The maximum absolute atomic E-state index is 4.79. The summed E-state index contributed by atoms with van der Waals surface area (Å²) < 4.78 is 0. The fourth-order valence-electron chi connectivity index (χ4n) is 3.44. The first-order valence-corrected chi connectivity index (χ1v) is 10.6. The second-order valence-electron chi connectivity index (χ2n) is 8.34. The van der Waals surface area contributed by atoms with Gasteiger partial charge >= 0.3 is 0 Å². The number of hydrogen-bond acceptors (Lipinski definition) is 7. The van der Waals surface area contributed by atoms with E-state index in [1.165, 1.54) is 32.1 Å². The molecule has 1 aliphatic heterocycles. The summed E-state index contributed by atoms with van der Waals surface area (Å²) in [5.41, 5.74) is 2.92. The van der Waals surface area contributed by atoms with E-state index in [9.17, 15) is 0 Å². The lowest BCUT2D eigenvalue weighted by Crippen LogP contribution is -2.37. The number of anilines is 2. The molecular weight excluding hydrogens is 362 g/mol. The van der Waals surface area contributed by atoms with Crippen LogP contribution >= 0.6 is 0 Å². The van der Waals surface area contributed by atoms with E-state index in [1.807, 2.05) is 18.2 Å². The number of hydrogen-bond donors (Lipinski definition) is 1. The molecule has 0 aromatic carbocycles. The molecule has 5 rings (SSSR count). The Morgan fingerprint density at radius 3 is 2.59 bits per heavy atom. The summed E-state index contributed by atoms with van der Waals surface area (Å²) in [6, 6.07) is 6.02. The molecule has 1 saturated heterocycles. The van der Waals surface area contributed by atoms with Crippen molar-refractivity contribution < 1.29 is 0 Å². The van der Waals surface area contributed by atoms with E-state index in [-0.39, 0.29) is 0 Å². The average Bonchev–Trinajstić information content (AvgIpc) is 3.54. The number of nitrogens with one attached hydrogen (secondary N) is 1. The fraction of sp³-hybridized carbons (Fsp3) is 0.500. The second kappa shape index (κ2) is 7.54. The van der Waals surface area contributed by atoms with Crippen molar-refractivity contribution in [1.29, 1.82) is 0 Å². The number of rotatable bonds is 7. The van der Waals surface area contributed by atoms with E-state index in [0.29, 0.717) is 29.6 Å². The van der Waals surface area contributed by atoms with Crippen LogP contribution in [0.15, 0.2) is 35.0 Å². The lowest BCUT2D eigenvalue weighted by molar-refractivity contribution is 0.610. The van der Waals surface area contributed by atoms with Crippen LogP contribution in [0.4, 0.5) is 17.7 Å². The molecule has 150 valence electrons. The van der Waals surface area contributed by atoms with Crippen molar-refractivity contribution in [1.82, 2.24) is 19.9 Å². The van der Waals surface area contributed by atoms with Gasteiger partial charge in [0, 0.05) is 24.5 Å². The van der Waals surface area contributed by atoms with Gasteiger partial charge in [0.15, 0.2) is 5.82 Å². The minimum Gasteiger partial charge on any atom is -0.356 e. The largest absolute Gasteiger partial charge is 0.356 e. The Kier molecular flexibility index (Phi) is 4.73. The molecule has 2 aromatic rings. The highest BCUT2D eigenvalue weighted by molar-refractivity contribution is 5.88. The number of pyridine rings is 1. The monoisotopic (exact) mass is 389 g/mol. The van der Waals surface area contributed by atoms with Crippen LogP contribution in [0.5, 0.6) is 0 Å². The lowest BCUT2D eigenvalue weighted by Gasteiger charge is -2.32. The molecule has 29 heavy (non-hydrogen) atoms. The first kappa shape index (κ1) is 18.2. The van der Waals surface area contributed by atoms with Crippen LogP contribution < -0.4 is 10.2 Å².